The quantitative estimate of drug-likeness (QED) is 0.517. The summed E-state index contributed by atoms with van der Waals surface area (Å²) in [6.45, 7) is 3.00. The minimum Gasteiger partial charge on any atom is -0.462 e. The molecule has 3 nitrogen and oxygen atoms in total. The first-order valence-corrected chi connectivity index (χ1v) is 10.7. The molecule has 0 saturated heterocycles. The Morgan fingerprint density at radius 3 is 2.44 bits per heavy atom. The number of hydrogen-bond donors (Lipinski definition) is 0. The molecule has 0 radical (unpaired) electrons. The molecule has 3 saturated carbocycles. The molecular weight excluding hydrogens is 312 g/mol. The highest BCUT2D eigenvalue weighted by atomic mass is 16.5. The van der Waals surface area contributed by atoms with Crippen molar-refractivity contribution in [1.29, 1.82) is 0 Å². The SMILES string of the molecule is CC1(OCC2C3C=CC(C3)C2C(=O)OC2CCCCC2)CCCCC1. The zero-order valence-electron chi connectivity index (χ0n) is 15.8. The van der Waals surface area contributed by atoms with E-state index in [1.807, 2.05) is 0 Å². The monoisotopic (exact) mass is 346 g/mol. The second-order valence-corrected chi connectivity index (χ2v) is 9.16. The van der Waals surface area contributed by atoms with E-state index in [1.165, 1.54) is 51.4 Å². The Morgan fingerprint density at radius 2 is 1.68 bits per heavy atom. The third kappa shape index (κ3) is 3.82. The van der Waals surface area contributed by atoms with Crippen molar-refractivity contribution in [3.8, 4) is 0 Å². The first-order chi connectivity index (χ1) is 12.1. The Bertz CT molecular complexity index is 499. The molecule has 0 N–H and O–H groups in total. The predicted molar refractivity (Wildman–Crippen MR) is 98.1 cm³/mol. The first-order valence-electron chi connectivity index (χ1n) is 10.7. The summed E-state index contributed by atoms with van der Waals surface area (Å²) >= 11 is 0. The number of allylic oxidation sites excluding steroid dienone is 2. The van der Waals surface area contributed by atoms with Crippen LogP contribution in [0.3, 0.4) is 0 Å². The summed E-state index contributed by atoms with van der Waals surface area (Å²) in [7, 11) is 0. The Kier molecular flexibility index (Phi) is 5.22. The average molecular weight is 347 g/mol. The van der Waals surface area contributed by atoms with Crippen LogP contribution in [0.5, 0.6) is 0 Å². The summed E-state index contributed by atoms with van der Waals surface area (Å²) in [5.41, 5.74) is 0.0294. The highest BCUT2D eigenvalue weighted by Gasteiger charge is 2.50. The number of carbonyl (C=O) groups is 1. The van der Waals surface area contributed by atoms with E-state index in [9.17, 15) is 4.79 Å². The molecule has 0 amide bonds. The van der Waals surface area contributed by atoms with Crippen LogP contribution < -0.4 is 0 Å². The number of ether oxygens (including phenoxy) is 2. The molecule has 0 aromatic heterocycles. The van der Waals surface area contributed by atoms with Gasteiger partial charge >= 0.3 is 5.97 Å². The van der Waals surface area contributed by atoms with E-state index in [4.69, 9.17) is 9.47 Å². The molecule has 0 heterocycles. The van der Waals surface area contributed by atoms with E-state index in [0.717, 1.165) is 25.9 Å². The zero-order valence-corrected chi connectivity index (χ0v) is 15.8. The molecule has 3 fully saturated rings. The molecule has 4 unspecified atom stereocenters. The third-order valence-electron chi connectivity index (χ3n) is 7.26. The molecule has 4 aliphatic rings. The van der Waals surface area contributed by atoms with Crippen LogP contribution in [-0.4, -0.2) is 24.3 Å². The molecule has 140 valence electrons. The fraction of sp³-hybridized carbons (Fsp3) is 0.864. The van der Waals surface area contributed by atoms with Gasteiger partial charge in [-0.15, -0.1) is 0 Å². The van der Waals surface area contributed by atoms with Crippen LogP contribution >= 0.6 is 0 Å². The summed E-state index contributed by atoms with van der Waals surface area (Å²) in [5, 5.41) is 0. The number of rotatable bonds is 5. The van der Waals surface area contributed by atoms with Crippen LogP contribution in [0.4, 0.5) is 0 Å². The number of esters is 1. The van der Waals surface area contributed by atoms with E-state index in [2.05, 4.69) is 19.1 Å². The molecule has 0 aliphatic heterocycles. The summed E-state index contributed by atoms with van der Waals surface area (Å²) in [4.78, 5) is 12.9. The standard InChI is InChI=1S/C22H34O3/c1-22(12-6-3-7-13-22)24-15-19-16-10-11-17(14-16)20(19)21(23)25-18-8-4-2-5-9-18/h10-11,16-20H,2-9,12-15H2,1H3. The molecule has 3 heteroatoms. The van der Waals surface area contributed by atoms with Crippen molar-refractivity contribution in [1.82, 2.24) is 0 Å². The highest BCUT2D eigenvalue weighted by molar-refractivity contribution is 5.74. The maximum absolute atomic E-state index is 12.9. The Balaban J connectivity index is 1.37. The number of carbonyl (C=O) groups excluding carboxylic acids is 1. The molecule has 0 aromatic rings. The fourth-order valence-corrected chi connectivity index (χ4v) is 5.67. The number of fused-ring (bicyclic) bond motifs is 2. The Labute approximate surface area is 152 Å². The summed E-state index contributed by atoms with van der Waals surface area (Å²) in [6, 6.07) is 0. The minimum absolute atomic E-state index is 0.0294. The van der Waals surface area contributed by atoms with Gasteiger partial charge in [0.05, 0.1) is 18.1 Å². The first kappa shape index (κ1) is 17.6. The van der Waals surface area contributed by atoms with Gasteiger partial charge in [-0.3, -0.25) is 4.79 Å². The maximum Gasteiger partial charge on any atom is 0.310 e. The van der Waals surface area contributed by atoms with Crippen LogP contribution in [0, 0.1) is 23.7 Å². The lowest BCUT2D eigenvalue weighted by molar-refractivity contribution is -0.161. The van der Waals surface area contributed by atoms with Gasteiger partial charge in [-0.1, -0.05) is 37.8 Å². The molecule has 0 spiro atoms. The fourth-order valence-electron chi connectivity index (χ4n) is 5.67. The maximum atomic E-state index is 12.9. The van der Waals surface area contributed by atoms with E-state index >= 15 is 0 Å². The number of hydrogen-bond acceptors (Lipinski definition) is 3. The van der Waals surface area contributed by atoms with Crippen molar-refractivity contribution in [3.05, 3.63) is 12.2 Å². The van der Waals surface area contributed by atoms with Crippen LogP contribution in [0.25, 0.3) is 0 Å². The largest absolute Gasteiger partial charge is 0.462 e. The van der Waals surface area contributed by atoms with Crippen molar-refractivity contribution in [2.24, 2.45) is 23.7 Å². The van der Waals surface area contributed by atoms with Crippen LogP contribution in [-0.2, 0) is 14.3 Å². The predicted octanol–water partition coefficient (Wildman–Crippen LogP) is 5.04. The molecule has 4 aliphatic carbocycles. The molecule has 0 aromatic carbocycles. The molecule has 4 atom stereocenters. The van der Waals surface area contributed by atoms with Gasteiger partial charge in [0.15, 0.2) is 0 Å². The van der Waals surface area contributed by atoms with Crippen molar-refractivity contribution in [2.45, 2.75) is 89.3 Å². The van der Waals surface area contributed by atoms with Gasteiger partial charge in [-0.25, -0.2) is 0 Å². The molecule has 2 bridgehead atoms. The van der Waals surface area contributed by atoms with Gasteiger partial charge in [0, 0.05) is 5.92 Å². The van der Waals surface area contributed by atoms with E-state index in [-0.39, 0.29) is 23.6 Å². The third-order valence-corrected chi connectivity index (χ3v) is 7.26. The van der Waals surface area contributed by atoms with E-state index < -0.39 is 0 Å². The van der Waals surface area contributed by atoms with Gasteiger partial charge < -0.3 is 9.47 Å². The average Bonchev–Trinajstić information content (AvgIpc) is 3.23. The molecule has 25 heavy (non-hydrogen) atoms. The van der Waals surface area contributed by atoms with Crippen LogP contribution in [0.1, 0.15) is 77.6 Å². The normalized spacial score (nSPS) is 37.3. The molecule has 4 rings (SSSR count). The van der Waals surface area contributed by atoms with Gasteiger partial charge in [0.2, 0.25) is 0 Å². The van der Waals surface area contributed by atoms with Crippen LogP contribution in [0.2, 0.25) is 0 Å². The zero-order chi connectivity index (χ0) is 17.3. The lowest BCUT2D eigenvalue weighted by Crippen LogP contribution is -2.38. The van der Waals surface area contributed by atoms with E-state index in [0.29, 0.717) is 17.8 Å². The van der Waals surface area contributed by atoms with Gasteiger partial charge in [-0.2, -0.15) is 0 Å². The summed E-state index contributed by atoms with van der Waals surface area (Å²) in [5.74, 6) is 1.31. The minimum atomic E-state index is 0.0294. The summed E-state index contributed by atoms with van der Waals surface area (Å²) < 4.78 is 12.4. The van der Waals surface area contributed by atoms with Crippen molar-refractivity contribution < 1.29 is 14.3 Å². The Morgan fingerprint density at radius 1 is 1.00 bits per heavy atom. The molecular formula is C22H34O3. The lowest BCUT2D eigenvalue weighted by atomic mass is 9.82. The van der Waals surface area contributed by atoms with Gasteiger partial charge in [0.1, 0.15) is 6.10 Å². The van der Waals surface area contributed by atoms with Crippen molar-refractivity contribution >= 4 is 5.97 Å². The van der Waals surface area contributed by atoms with Gasteiger partial charge in [0.25, 0.3) is 0 Å². The topological polar surface area (TPSA) is 35.5 Å². The summed E-state index contributed by atoms with van der Waals surface area (Å²) in [6.07, 6.45) is 17.9. The second-order valence-electron chi connectivity index (χ2n) is 9.16. The van der Waals surface area contributed by atoms with Crippen molar-refractivity contribution in [3.63, 3.8) is 0 Å². The smallest absolute Gasteiger partial charge is 0.310 e. The second kappa shape index (κ2) is 7.42. The van der Waals surface area contributed by atoms with E-state index in [1.54, 1.807) is 0 Å². The highest BCUT2D eigenvalue weighted by Crippen LogP contribution is 2.49. The Hall–Kier alpha value is -0.830. The van der Waals surface area contributed by atoms with Crippen LogP contribution in [0.15, 0.2) is 12.2 Å². The van der Waals surface area contributed by atoms with Gasteiger partial charge in [-0.05, 0) is 63.7 Å². The van der Waals surface area contributed by atoms with Crippen molar-refractivity contribution in [2.75, 3.05) is 6.61 Å². The lowest BCUT2D eigenvalue weighted by Gasteiger charge is -2.37.